The maximum Gasteiger partial charge on any atom is 0.261 e. The first-order valence-corrected chi connectivity index (χ1v) is 7.70. The van der Waals surface area contributed by atoms with E-state index in [0.717, 1.165) is 22.6 Å². The summed E-state index contributed by atoms with van der Waals surface area (Å²) in [5.74, 6) is -0.623. The van der Waals surface area contributed by atoms with Crippen LogP contribution in [0.2, 0.25) is 0 Å². The molecule has 0 bridgehead atoms. The molecule has 5 nitrogen and oxygen atoms in total. The fraction of sp³-hybridized carbons (Fsp3) is 0.389. The first-order chi connectivity index (χ1) is 10.7. The van der Waals surface area contributed by atoms with Gasteiger partial charge in [-0.05, 0) is 12.0 Å². The Morgan fingerprint density at radius 3 is 2.43 bits per heavy atom. The fourth-order valence-corrected chi connectivity index (χ4v) is 3.04. The molecule has 2 aliphatic heterocycles. The van der Waals surface area contributed by atoms with Crippen LogP contribution in [-0.2, 0) is 20.8 Å². The molecule has 0 saturated carbocycles. The Kier molecular flexibility index (Phi) is 3.39. The van der Waals surface area contributed by atoms with E-state index < -0.39 is 5.41 Å². The fourth-order valence-electron chi connectivity index (χ4n) is 3.04. The molecule has 2 heterocycles. The van der Waals surface area contributed by atoms with E-state index in [1.807, 2.05) is 39.0 Å². The predicted octanol–water partition coefficient (Wildman–Crippen LogP) is 2.00. The van der Waals surface area contributed by atoms with Gasteiger partial charge in [-0.2, -0.15) is 0 Å². The molecule has 0 fully saturated rings. The number of para-hydroxylation sites is 1. The third kappa shape index (κ3) is 2.36. The van der Waals surface area contributed by atoms with Gasteiger partial charge < -0.3 is 4.90 Å². The van der Waals surface area contributed by atoms with Gasteiger partial charge in [0.2, 0.25) is 5.91 Å². The minimum atomic E-state index is -0.505. The summed E-state index contributed by atoms with van der Waals surface area (Å²) >= 11 is 0. The minimum absolute atomic E-state index is 0.0226. The smallest absolute Gasteiger partial charge is 0.261 e. The molecular weight excluding hydrogens is 292 g/mol. The largest absolute Gasteiger partial charge is 0.311 e. The van der Waals surface area contributed by atoms with Gasteiger partial charge in [-0.15, -0.1) is 0 Å². The van der Waals surface area contributed by atoms with Gasteiger partial charge >= 0.3 is 0 Å². The Balaban J connectivity index is 2.12. The molecule has 0 radical (unpaired) electrons. The van der Waals surface area contributed by atoms with E-state index in [1.54, 1.807) is 4.90 Å². The zero-order valence-electron chi connectivity index (χ0n) is 13.8. The molecule has 0 aliphatic carbocycles. The van der Waals surface area contributed by atoms with Crippen LogP contribution in [0.15, 0.2) is 24.3 Å². The van der Waals surface area contributed by atoms with Crippen molar-refractivity contribution in [2.24, 2.45) is 5.41 Å². The molecule has 5 heteroatoms. The number of likely N-dealkylation sites (N-methyl/N-ethyl adjacent to an activating group) is 1. The summed E-state index contributed by atoms with van der Waals surface area (Å²) in [6.45, 7) is 6.25. The van der Waals surface area contributed by atoms with Gasteiger partial charge in [-0.25, -0.2) is 0 Å². The van der Waals surface area contributed by atoms with Crippen molar-refractivity contribution in [1.82, 2.24) is 4.90 Å². The van der Waals surface area contributed by atoms with Gasteiger partial charge in [-0.1, -0.05) is 39.0 Å². The molecule has 3 rings (SSSR count). The van der Waals surface area contributed by atoms with Crippen LogP contribution in [0.5, 0.6) is 0 Å². The second kappa shape index (κ2) is 5.05. The molecule has 3 amide bonds. The van der Waals surface area contributed by atoms with Crippen molar-refractivity contribution < 1.29 is 14.4 Å². The predicted molar refractivity (Wildman–Crippen MR) is 87.7 cm³/mol. The highest BCUT2D eigenvalue weighted by Gasteiger charge is 2.37. The highest BCUT2D eigenvalue weighted by Crippen LogP contribution is 2.39. The van der Waals surface area contributed by atoms with Crippen LogP contribution in [-0.4, -0.2) is 36.2 Å². The number of benzene rings is 1. The average Bonchev–Trinajstić information content (AvgIpc) is 3.02. The van der Waals surface area contributed by atoms with Crippen molar-refractivity contribution in [1.29, 1.82) is 0 Å². The van der Waals surface area contributed by atoms with Crippen LogP contribution in [0.3, 0.4) is 0 Å². The summed E-state index contributed by atoms with van der Waals surface area (Å²) < 4.78 is 0. The van der Waals surface area contributed by atoms with Gasteiger partial charge in [0.1, 0.15) is 0 Å². The Bertz CT molecular complexity index is 756. The Hall–Kier alpha value is -2.43. The third-order valence-corrected chi connectivity index (χ3v) is 4.30. The zero-order chi connectivity index (χ0) is 16.9. The minimum Gasteiger partial charge on any atom is -0.311 e. The van der Waals surface area contributed by atoms with Crippen molar-refractivity contribution in [3.63, 3.8) is 0 Å². The van der Waals surface area contributed by atoms with Crippen molar-refractivity contribution in [3.8, 4) is 0 Å². The summed E-state index contributed by atoms with van der Waals surface area (Å²) in [6.07, 6.45) is 2.12. The molecule has 23 heavy (non-hydrogen) atoms. The Morgan fingerprint density at radius 2 is 1.87 bits per heavy atom. The lowest BCUT2D eigenvalue weighted by atomic mass is 9.93. The van der Waals surface area contributed by atoms with Gasteiger partial charge in [0.15, 0.2) is 0 Å². The third-order valence-electron chi connectivity index (χ3n) is 4.30. The average molecular weight is 312 g/mol. The molecule has 1 aromatic rings. The second-order valence-corrected chi connectivity index (χ2v) is 7.03. The van der Waals surface area contributed by atoms with E-state index in [2.05, 4.69) is 0 Å². The molecule has 2 aliphatic rings. The molecule has 0 saturated heterocycles. The number of hydrogen-bond acceptors (Lipinski definition) is 3. The van der Waals surface area contributed by atoms with Crippen LogP contribution < -0.4 is 4.90 Å². The van der Waals surface area contributed by atoms with E-state index in [4.69, 9.17) is 0 Å². The van der Waals surface area contributed by atoms with Gasteiger partial charge in [0.05, 0.1) is 11.3 Å². The monoisotopic (exact) mass is 312 g/mol. The first-order valence-electron chi connectivity index (χ1n) is 7.70. The normalized spacial score (nSPS) is 17.7. The van der Waals surface area contributed by atoms with E-state index in [1.165, 1.54) is 13.1 Å². The van der Waals surface area contributed by atoms with E-state index in [-0.39, 0.29) is 17.7 Å². The number of carbonyl (C=O) groups excluding carboxylic acids is 3. The molecule has 120 valence electrons. The molecular formula is C18H20N2O3. The van der Waals surface area contributed by atoms with Gasteiger partial charge in [0, 0.05) is 30.6 Å². The van der Waals surface area contributed by atoms with Crippen LogP contribution in [0, 0.1) is 5.41 Å². The topological polar surface area (TPSA) is 57.7 Å². The highest BCUT2D eigenvalue weighted by atomic mass is 16.2. The lowest BCUT2D eigenvalue weighted by molar-refractivity contribution is -0.134. The standard InChI is InChI=1S/C18H20N2O3/c1-18(2,3)17(23)20-9-8-11-6-5-7-12(15(11)20)13-10-14(21)19(4)16(13)22/h5-7,10H,8-9H2,1-4H3. The second-order valence-electron chi connectivity index (χ2n) is 7.03. The van der Waals surface area contributed by atoms with E-state index in [9.17, 15) is 14.4 Å². The van der Waals surface area contributed by atoms with Crippen LogP contribution in [0.1, 0.15) is 31.9 Å². The van der Waals surface area contributed by atoms with Crippen LogP contribution in [0.25, 0.3) is 5.57 Å². The molecule has 0 spiro atoms. The van der Waals surface area contributed by atoms with E-state index >= 15 is 0 Å². The number of amides is 3. The molecule has 0 aromatic heterocycles. The molecule has 0 unspecified atom stereocenters. The van der Waals surface area contributed by atoms with Gasteiger partial charge in [-0.3, -0.25) is 19.3 Å². The summed E-state index contributed by atoms with van der Waals surface area (Å²) in [6, 6.07) is 5.65. The number of rotatable bonds is 1. The van der Waals surface area contributed by atoms with Gasteiger partial charge in [0.25, 0.3) is 11.8 Å². The molecule has 0 N–H and O–H groups in total. The van der Waals surface area contributed by atoms with Crippen molar-refractivity contribution in [2.75, 3.05) is 18.5 Å². The number of carbonyl (C=O) groups is 3. The van der Waals surface area contributed by atoms with Crippen LogP contribution >= 0.6 is 0 Å². The number of anilines is 1. The maximum atomic E-state index is 12.8. The summed E-state index contributed by atoms with van der Waals surface area (Å²) in [7, 11) is 1.47. The Morgan fingerprint density at radius 1 is 1.17 bits per heavy atom. The number of nitrogens with zero attached hydrogens (tertiary/aromatic N) is 2. The summed E-state index contributed by atoms with van der Waals surface area (Å²) in [4.78, 5) is 39.7. The highest BCUT2D eigenvalue weighted by molar-refractivity contribution is 6.34. The van der Waals surface area contributed by atoms with Crippen molar-refractivity contribution in [3.05, 3.63) is 35.4 Å². The quantitative estimate of drug-likeness (QED) is 0.745. The summed E-state index contributed by atoms with van der Waals surface area (Å²) in [5.41, 5.74) is 2.34. The first kappa shape index (κ1) is 15.5. The lowest BCUT2D eigenvalue weighted by Crippen LogP contribution is -2.38. The lowest BCUT2D eigenvalue weighted by Gasteiger charge is -2.27. The van der Waals surface area contributed by atoms with Crippen molar-refractivity contribution in [2.45, 2.75) is 27.2 Å². The molecule has 1 aromatic carbocycles. The molecule has 0 atom stereocenters. The van der Waals surface area contributed by atoms with Crippen molar-refractivity contribution >= 4 is 29.0 Å². The number of hydrogen-bond donors (Lipinski definition) is 0. The number of fused-ring (bicyclic) bond motifs is 1. The number of imide groups is 1. The Labute approximate surface area is 135 Å². The van der Waals surface area contributed by atoms with E-state index in [0.29, 0.717) is 17.7 Å². The zero-order valence-corrected chi connectivity index (χ0v) is 13.8. The maximum absolute atomic E-state index is 12.8. The summed E-state index contributed by atoms with van der Waals surface area (Å²) in [5, 5.41) is 0. The van der Waals surface area contributed by atoms with Crippen LogP contribution in [0.4, 0.5) is 5.69 Å². The SMILES string of the molecule is CN1C(=O)C=C(c2cccc3c2N(C(=O)C(C)(C)C)CC3)C1=O.